The van der Waals surface area contributed by atoms with Gasteiger partial charge in [-0.1, -0.05) is 12.1 Å². The molecule has 1 aromatic rings. The van der Waals surface area contributed by atoms with Gasteiger partial charge in [-0.2, -0.15) is 0 Å². The second kappa shape index (κ2) is 7.62. The number of carbonyl (C=O) groups excluding carboxylic acids is 1. The predicted molar refractivity (Wildman–Crippen MR) is 101 cm³/mol. The molecule has 0 radical (unpaired) electrons. The molecule has 0 aromatic heterocycles. The lowest BCUT2D eigenvalue weighted by molar-refractivity contribution is 0.0686. The number of likely N-dealkylation sites (tertiary alicyclic amines) is 2. The van der Waals surface area contributed by atoms with Crippen molar-refractivity contribution in [3.05, 3.63) is 24.3 Å². The zero-order chi connectivity index (χ0) is 17.9. The van der Waals surface area contributed by atoms with Gasteiger partial charge in [0.25, 0.3) is 0 Å². The van der Waals surface area contributed by atoms with Gasteiger partial charge in [0.05, 0.1) is 31.4 Å². The van der Waals surface area contributed by atoms with Gasteiger partial charge < -0.3 is 21.1 Å². The van der Waals surface area contributed by atoms with Crippen molar-refractivity contribution < 1.29 is 9.53 Å². The van der Waals surface area contributed by atoms with Crippen molar-refractivity contribution >= 4 is 17.5 Å². The fraction of sp³-hybridized carbons (Fsp3) is 0.632. The van der Waals surface area contributed by atoms with Gasteiger partial charge in [0.15, 0.2) is 5.69 Å². The quantitative estimate of drug-likeness (QED) is 0.649. The van der Waals surface area contributed by atoms with E-state index in [-0.39, 0.29) is 12.1 Å². The maximum Gasteiger partial charge on any atom is 0.409 e. The van der Waals surface area contributed by atoms with Gasteiger partial charge in [0.1, 0.15) is 0 Å². The highest BCUT2D eigenvalue weighted by molar-refractivity contribution is 5.68. The van der Waals surface area contributed by atoms with Gasteiger partial charge >= 0.3 is 6.09 Å². The third kappa shape index (κ3) is 3.60. The van der Waals surface area contributed by atoms with Crippen LogP contribution in [0, 0.1) is 0 Å². The summed E-state index contributed by atoms with van der Waals surface area (Å²) in [4.78, 5) is 13.8. The first-order chi connectivity index (χ1) is 12.1. The average Bonchev–Trinajstić information content (AvgIpc) is 2.64. The molecule has 4 N–H and O–H groups in total. The smallest absolute Gasteiger partial charge is 0.409 e. The summed E-state index contributed by atoms with van der Waals surface area (Å²) in [5.41, 5.74) is 14.6. The van der Waals surface area contributed by atoms with E-state index < -0.39 is 0 Å². The highest BCUT2D eigenvalue weighted by atomic mass is 16.6. The molecule has 138 valence electrons. The van der Waals surface area contributed by atoms with Gasteiger partial charge in [-0.25, -0.2) is 4.79 Å². The van der Waals surface area contributed by atoms with Crippen LogP contribution in [0.15, 0.2) is 24.3 Å². The van der Waals surface area contributed by atoms with Crippen molar-refractivity contribution in [2.75, 3.05) is 38.5 Å². The molecular weight excluding hydrogens is 316 g/mol. The molecule has 6 heteroatoms. The Kier molecular flexibility index (Phi) is 5.49. The first-order valence-electron chi connectivity index (χ1n) is 9.46. The van der Waals surface area contributed by atoms with E-state index in [2.05, 4.69) is 12.1 Å². The van der Waals surface area contributed by atoms with E-state index in [0.717, 1.165) is 62.0 Å². The number of nitrogen functional groups attached to an aromatic ring is 1. The molecular formula is C19H31N4O2+. The normalized spacial score (nSPS) is 27.9. The number of nitrogens with two attached hydrogens (primary N) is 2. The first-order valence-corrected chi connectivity index (χ1v) is 9.46. The molecule has 6 nitrogen and oxygen atoms in total. The van der Waals surface area contributed by atoms with Crippen molar-refractivity contribution in [3.8, 4) is 0 Å². The zero-order valence-corrected chi connectivity index (χ0v) is 15.2. The van der Waals surface area contributed by atoms with Crippen LogP contribution in [0.2, 0.25) is 0 Å². The Morgan fingerprint density at radius 2 is 1.84 bits per heavy atom. The van der Waals surface area contributed by atoms with Crippen LogP contribution in [0.4, 0.5) is 16.2 Å². The third-order valence-electron chi connectivity index (χ3n) is 5.90. The number of para-hydroxylation sites is 2. The number of quaternary nitrogens is 1. The standard InChI is InChI=1S/C19H31N4O2/c1-2-25-19(24)22-11-7-16(8-12-22)23(13-9-15(20)10-14-23)18-6-4-3-5-17(18)21/h3-6,15-16H,2,7-14,20-21H2,1H3/q+1. The molecule has 0 spiro atoms. The molecule has 0 bridgehead atoms. The number of piperidine rings is 2. The monoisotopic (exact) mass is 347 g/mol. The molecule has 1 aromatic carbocycles. The largest absolute Gasteiger partial charge is 0.450 e. The second-order valence-corrected chi connectivity index (χ2v) is 7.29. The van der Waals surface area contributed by atoms with E-state index in [1.54, 1.807) is 0 Å². The van der Waals surface area contributed by atoms with Gasteiger partial charge in [0, 0.05) is 50.9 Å². The Labute approximate surface area is 150 Å². The van der Waals surface area contributed by atoms with Crippen LogP contribution in [0.25, 0.3) is 0 Å². The van der Waals surface area contributed by atoms with Crippen molar-refractivity contribution in [1.82, 2.24) is 9.38 Å². The van der Waals surface area contributed by atoms with Crippen molar-refractivity contribution in [2.24, 2.45) is 5.73 Å². The Morgan fingerprint density at radius 1 is 1.20 bits per heavy atom. The second-order valence-electron chi connectivity index (χ2n) is 7.29. The van der Waals surface area contributed by atoms with E-state index >= 15 is 0 Å². The molecule has 2 aliphatic rings. The topological polar surface area (TPSA) is 81.6 Å². The summed E-state index contributed by atoms with van der Waals surface area (Å²) in [6, 6.07) is 9.00. The molecule has 1 amide bonds. The molecule has 0 atom stereocenters. The lowest BCUT2D eigenvalue weighted by Crippen LogP contribution is -2.64. The maximum atomic E-state index is 12.0. The Balaban J connectivity index is 1.80. The highest BCUT2D eigenvalue weighted by Crippen LogP contribution is 2.38. The summed E-state index contributed by atoms with van der Waals surface area (Å²) in [7, 11) is 0. The number of carbonyl (C=O) groups is 1. The zero-order valence-electron chi connectivity index (χ0n) is 15.2. The molecule has 0 aliphatic carbocycles. The molecule has 3 rings (SSSR count). The van der Waals surface area contributed by atoms with E-state index in [4.69, 9.17) is 16.2 Å². The molecule has 2 heterocycles. The Morgan fingerprint density at radius 3 is 2.44 bits per heavy atom. The summed E-state index contributed by atoms with van der Waals surface area (Å²) < 4.78 is 6.06. The van der Waals surface area contributed by atoms with Crippen LogP contribution in [0.3, 0.4) is 0 Å². The molecule has 0 saturated carbocycles. The lowest BCUT2D eigenvalue weighted by atomic mass is 9.92. The summed E-state index contributed by atoms with van der Waals surface area (Å²) >= 11 is 0. The van der Waals surface area contributed by atoms with Crippen LogP contribution in [-0.2, 0) is 4.74 Å². The third-order valence-corrected chi connectivity index (χ3v) is 5.90. The molecule has 2 aliphatic heterocycles. The first kappa shape index (κ1) is 18.0. The van der Waals surface area contributed by atoms with Crippen LogP contribution >= 0.6 is 0 Å². The van der Waals surface area contributed by atoms with Gasteiger partial charge in [-0.15, -0.1) is 0 Å². The van der Waals surface area contributed by atoms with Gasteiger partial charge in [-0.05, 0) is 13.0 Å². The maximum absolute atomic E-state index is 12.0. The van der Waals surface area contributed by atoms with E-state index in [1.807, 2.05) is 24.0 Å². The minimum absolute atomic E-state index is 0.188. The SMILES string of the molecule is CCOC(=O)N1CCC([N+]2(c3ccccc3N)CCC(N)CC2)CC1. The van der Waals surface area contributed by atoms with Crippen LogP contribution in [0.1, 0.15) is 32.6 Å². The van der Waals surface area contributed by atoms with Crippen LogP contribution in [0.5, 0.6) is 0 Å². The van der Waals surface area contributed by atoms with Crippen LogP contribution < -0.4 is 16.0 Å². The number of hydrogen-bond acceptors (Lipinski definition) is 4. The number of benzene rings is 1. The Hall–Kier alpha value is -1.79. The summed E-state index contributed by atoms with van der Waals surface area (Å²) in [5.74, 6) is 0. The van der Waals surface area contributed by atoms with E-state index in [9.17, 15) is 4.79 Å². The molecule has 0 unspecified atom stereocenters. The fourth-order valence-corrected chi connectivity index (χ4v) is 4.50. The minimum atomic E-state index is -0.188. The van der Waals surface area contributed by atoms with Crippen LogP contribution in [-0.4, -0.2) is 55.9 Å². The molecule has 2 saturated heterocycles. The summed E-state index contributed by atoms with van der Waals surface area (Å²) in [6.07, 6.45) is 3.80. The molecule has 25 heavy (non-hydrogen) atoms. The number of hydrogen-bond donors (Lipinski definition) is 2. The van der Waals surface area contributed by atoms with Gasteiger partial charge in [0.2, 0.25) is 0 Å². The average molecular weight is 347 g/mol. The van der Waals surface area contributed by atoms with Crippen molar-refractivity contribution in [3.63, 3.8) is 0 Å². The molecule has 2 fully saturated rings. The Bertz CT molecular complexity index is 591. The minimum Gasteiger partial charge on any atom is -0.450 e. The number of ether oxygens (including phenoxy) is 1. The lowest BCUT2D eigenvalue weighted by Gasteiger charge is -2.50. The van der Waals surface area contributed by atoms with Crippen molar-refractivity contribution in [2.45, 2.75) is 44.7 Å². The van der Waals surface area contributed by atoms with Gasteiger partial charge in [-0.3, -0.25) is 4.48 Å². The number of nitrogens with zero attached hydrogens (tertiary/aromatic N) is 2. The van der Waals surface area contributed by atoms with E-state index in [0.29, 0.717) is 12.6 Å². The van der Waals surface area contributed by atoms with E-state index in [1.165, 1.54) is 5.69 Å². The summed E-state index contributed by atoms with van der Waals surface area (Å²) in [6.45, 7) is 5.83. The number of amides is 1. The number of rotatable bonds is 3. The van der Waals surface area contributed by atoms with Crippen molar-refractivity contribution in [1.29, 1.82) is 0 Å². The predicted octanol–water partition coefficient (Wildman–Crippen LogP) is 2.32. The summed E-state index contributed by atoms with van der Waals surface area (Å²) in [5, 5.41) is 0. The highest BCUT2D eigenvalue weighted by Gasteiger charge is 2.44. The number of anilines is 1. The fourth-order valence-electron chi connectivity index (χ4n) is 4.50.